The summed E-state index contributed by atoms with van der Waals surface area (Å²) in [5, 5.41) is 1.60. The number of nitrogens with zero attached hydrogens (tertiary/aromatic N) is 1. The highest BCUT2D eigenvalue weighted by molar-refractivity contribution is 7.80. The molecule has 1 aromatic carbocycles. The first-order chi connectivity index (χ1) is 7.11. The van der Waals surface area contributed by atoms with Gasteiger partial charge in [-0.3, -0.25) is 5.01 Å². The van der Waals surface area contributed by atoms with E-state index in [0.717, 1.165) is 21.8 Å². The Bertz CT molecular complexity index is 376. The molecule has 15 heavy (non-hydrogen) atoms. The van der Waals surface area contributed by atoms with Gasteiger partial charge in [-0.05, 0) is 31.6 Å². The molecule has 0 saturated heterocycles. The zero-order valence-electron chi connectivity index (χ0n) is 9.07. The largest absolute Gasteiger partial charge is 0.279 e. The van der Waals surface area contributed by atoms with Crippen LogP contribution in [0.4, 0.5) is 5.69 Å². The second kappa shape index (κ2) is 5.05. The highest BCUT2D eigenvalue weighted by Gasteiger charge is 2.10. The maximum absolute atomic E-state index is 6.01. The van der Waals surface area contributed by atoms with Gasteiger partial charge in [0.2, 0.25) is 0 Å². The third kappa shape index (κ3) is 2.43. The van der Waals surface area contributed by atoms with Crippen molar-refractivity contribution in [3.8, 4) is 0 Å². The Morgan fingerprint density at radius 1 is 1.53 bits per heavy atom. The summed E-state index contributed by atoms with van der Waals surface area (Å²) >= 11 is 4.40. The van der Waals surface area contributed by atoms with Crippen molar-refractivity contribution >= 4 is 18.3 Å². The molecule has 80 valence electrons. The average Bonchev–Trinajstić information content (AvgIpc) is 2.19. The topological polar surface area (TPSA) is 29.3 Å². The van der Waals surface area contributed by atoms with Crippen molar-refractivity contribution in [3.05, 3.63) is 48.2 Å². The third-order valence-corrected chi connectivity index (χ3v) is 2.60. The molecule has 2 N–H and O–H groups in total. The lowest BCUT2D eigenvalue weighted by Gasteiger charge is -2.23. The number of rotatable bonds is 3. The third-order valence-electron chi connectivity index (χ3n) is 2.24. The van der Waals surface area contributed by atoms with E-state index in [1.165, 1.54) is 0 Å². The number of aryl methyl sites for hydroxylation is 1. The van der Waals surface area contributed by atoms with Crippen LogP contribution < -0.4 is 10.9 Å². The number of allylic oxidation sites excluding steroid dienone is 2. The molecule has 0 bridgehead atoms. The van der Waals surface area contributed by atoms with Gasteiger partial charge in [0.1, 0.15) is 0 Å². The van der Waals surface area contributed by atoms with Crippen molar-refractivity contribution in [1.29, 1.82) is 0 Å². The molecule has 0 radical (unpaired) electrons. The van der Waals surface area contributed by atoms with E-state index >= 15 is 0 Å². The van der Waals surface area contributed by atoms with Crippen LogP contribution in [0.25, 0.3) is 0 Å². The first-order valence-corrected chi connectivity index (χ1v) is 5.18. The molecule has 0 saturated carbocycles. The predicted molar refractivity (Wildman–Crippen MR) is 69.1 cm³/mol. The zero-order valence-corrected chi connectivity index (χ0v) is 9.96. The van der Waals surface area contributed by atoms with Gasteiger partial charge in [0, 0.05) is 4.90 Å². The number of anilines is 1. The maximum Gasteiger partial charge on any atom is 0.0737 e. The Balaban J connectivity index is 3.21. The molecule has 0 aliphatic carbocycles. The highest BCUT2D eigenvalue weighted by Crippen LogP contribution is 2.28. The van der Waals surface area contributed by atoms with E-state index in [0.29, 0.717) is 0 Å². The van der Waals surface area contributed by atoms with Crippen LogP contribution in [0.2, 0.25) is 0 Å². The van der Waals surface area contributed by atoms with Crippen LogP contribution in [-0.2, 0) is 0 Å². The van der Waals surface area contributed by atoms with Crippen LogP contribution in [0.3, 0.4) is 0 Å². The quantitative estimate of drug-likeness (QED) is 0.355. The van der Waals surface area contributed by atoms with Gasteiger partial charge in [-0.1, -0.05) is 24.8 Å². The molecule has 0 heterocycles. The van der Waals surface area contributed by atoms with Gasteiger partial charge in [0.05, 0.1) is 11.4 Å². The molecule has 0 aliphatic heterocycles. The lowest BCUT2D eigenvalue weighted by atomic mass is 10.2. The summed E-state index contributed by atoms with van der Waals surface area (Å²) in [4.78, 5) is 0.860. The number of hydrazine groups is 1. The van der Waals surface area contributed by atoms with Crippen LogP contribution in [0, 0.1) is 6.92 Å². The smallest absolute Gasteiger partial charge is 0.0737 e. The van der Waals surface area contributed by atoms with Crippen LogP contribution in [-0.4, -0.2) is 0 Å². The molecule has 3 heteroatoms. The maximum atomic E-state index is 6.01. The van der Waals surface area contributed by atoms with Crippen molar-refractivity contribution < 1.29 is 0 Å². The van der Waals surface area contributed by atoms with Gasteiger partial charge < -0.3 is 0 Å². The van der Waals surface area contributed by atoms with Gasteiger partial charge in [-0.25, -0.2) is 5.84 Å². The molecule has 0 amide bonds. The number of benzene rings is 1. The number of nitrogens with two attached hydrogens (primary N) is 1. The average molecular weight is 220 g/mol. The summed E-state index contributed by atoms with van der Waals surface area (Å²) in [5.41, 5.74) is 2.86. The van der Waals surface area contributed by atoms with Gasteiger partial charge >= 0.3 is 0 Å². The second-order valence-corrected chi connectivity index (χ2v) is 3.71. The Kier molecular flexibility index (Phi) is 4.00. The lowest BCUT2D eigenvalue weighted by Crippen LogP contribution is -2.30. The fourth-order valence-electron chi connectivity index (χ4n) is 1.44. The van der Waals surface area contributed by atoms with Crippen molar-refractivity contribution in [2.24, 2.45) is 5.84 Å². The normalized spacial score (nSPS) is 11.3. The fraction of sp³-hybridized carbons (Fsp3) is 0.167. The standard InChI is InChI=1S/C12H16N2S/c1-4-10(5-2)14(13)12-9(3)7-6-8-11(12)15/h4-8,15H,1,13H2,2-3H3/b10-5+. The SMILES string of the molecule is C=C/C(=C\C)N(N)c1c(C)cccc1S. The van der Waals surface area contributed by atoms with Crippen molar-refractivity contribution in [2.45, 2.75) is 18.7 Å². The van der Waals surface area contributed by atoms with Gasteiger partial charge in [0.15, 0.2) is 0 Å². The molecule has 0 aliphatic rings. The van der Waals surface area contributed by atoms with Crippen molar-refractivity contribution in [3.63, 3.8) is 0 Å². The minimum Gasteiger partial charge on any atom is -0.279 e. The molecule has 0 fully saturated rings. The summed E-state index contributed by atoms with van der Waals surface area (Å²) in [7, 11) is 0. The van der Waals surface area contributed by atoms with Gasteiger partial charge in [-0.15, -0.1) is 12.6 Å². The molecule has 0 spiro atoms. The lowest BCUT2D eigenvalue weighted by molar-refractivity contribution is 0.994. The van der Waals surface area contributed by atoms with E-state index in [1.807, 2.05) is 38.1 Å². The Labute approximate surface area is 96.5 Å². The van der Waals surface area contributed by atoms with E-state index in [9.17, 15) is 0 Å². The summed E-state index contributed by atoms with van der Waals surface area (Å²) in [5.74, 6) is 6.01. The zero-order chi connectivity index (χ0) is 11.4. The molecule has 0 unspecified atom stereocenters. The van der Waals surface area contributed by atoms with Crippen LogP contribution in [0.5, 0.6) is 0 Å². The molecule has 1 aromatic rings. The monoisotopic (exact) mass is 220 g/mol. The Hall–Kier alpha value is -1.19. The van der Waals surface area contributed by atoms with E-state index in [-0.39, 0.29) is 0 Å². The molecule has 1 rings (SSSR count). The number of hydrogen-bond acceptors (Lipinski definition) is 3. The van der Waals surface area contributed by atoms with Crippen molar-refractivity contribution in [2.75, 3.05) is 5.01 Å². The van der Waals surface area contributed by atoms with E-state index in [2.05, 4.69) is 19.2 Å². The van der Waals surface area contributed by atoms with Crippen LogP contribution in [0.1, 0.15) is 12.5 Å². The van der Waals surface area contributed by atoms with E-state index in [4.69, 9.17) is 5.84 Å². The first kappa shape index (κ1) is 11.9. The summed E-state index contributed by atoms with van der Waals surface area (Å²) < 4.78 is 0. The number of hydrogen-bond donors (Lipinski definition) is 2. The van der Waals surface area contributed by atoms with Gasteiger partial charge in [0.25, 0.3) is 0 Å². The van der Waals surface area contributed by atoms with E-state index < -0.39 is 0 Å². The fourth-order valence-corrected chi connectivity index (χ4v) is 1.81. The predicted octanol–water partition coefficient (Wildman–Crippen LogP) is 3.05. The second-order valence-electron chi connectivity index (χ2n) is 3.23. The summed E-state index contributed by atoms with van der Waals surface area (Å²) in [6.45, 7) is 7.65. The number of thiol groups is 1. The summed E-state index contributed by atoms with van der Waals surface area (Å²) in [6.07, 6.45) is 3.63. The van der Waals surface area contributed by atoms with Crippen LogP contribution >= 0.6 is 12.6 Å². The molecule has 0 aromatic heterocycles. The minimum absolute atomic E-state index is 0.860. The minimum atomic E-state index is 0.860. The van der Waals surface area contributed by atoms with Crippen LogP contribution in [0.15, 0.2) is 47.5 Å². The molecule has 2 nitrogen and oxygen atoms in total. The Morgan fingerprint density at radius 2 is 2.20 bits per heavy atom. The van der Waals surface area contributed by atoms with E-state index in [1.54, 1.807) is 11.1 Å². The van der Waals surface area contributed by atoms with Crippen molar-refractivity contribution in [1.82, 2.24) is 0 Å². The van der Waals surface area contributed by atoms with Gasteiger partial charge in [-0.2, -0.15) is 0 Å². The molecular formula is C12H16N2S. The Morgan fingerprint density at radius 3 is 2.67 bits per heavy atom. The summed E-state index contributed by atoms with van der Waals surface area (Å²) in [6, 6.07) is 5.88. The first-order valence-electron chi connectivity index (χ1n) is 4.74. The number of para-hydroxylation sites is 1. The molecule has 0 atom stereocenters. The molecular weight excluding hydrogens is 204 g/mol. The highest BCUT2D eigenvalue weighted by atomic mass is 32.1.